The normalized spacial score (nSPS) is 12.4. The van der Waals surface area contributed by atoms with E-state index in [-0.39, 0.29) is 11.9 Å². The molecule has 0 aliphatic rings. The van der Waals surface area contributed by atoms with Gasteiger partial charge in [-0.15, -0.1) is 0 Å². The van der Waals surface area contributed by atoms with Crippen molar-refractivity contribution < 1.29 is 4.39 Å². The van der Waals surface area contributed by atoms with Crippen molar-refractivity contribution in [2.75, 3.05) is 6.54 Å². The van der Waals surface area contributed by atoms with Gasteiger partial charge in [0.05, 0.1) is 4.47 Å². The van der Waals surface area contributed by atoms with E-state index >= 15 is 0 Å². The van der Waals surface area contributed by atoms with Crippen LogP contribution in [0.1, 0.15) is 24.1 Å². The first-order valence-corrected chi connectivity index (χ1v) is 8.18. The molecule has 1 N–H and O–H groups in total. The molecular weight excluding hydrogens is 376 g/mol. The molecule has 0 amide bonds. The molecule has 0 aliphatic heterocycles. The van der Waals surface area contributed by atoms with Gasteiger partial charge >= 0.3 is 0 Å². The summed E-state index contributed by atoms with van der Waals surface area (Å²) in [5.41, 5.74) is 2.02. The highest BCUT2D eigenvalue weighted by Gasteiger charge is 2.14. The molecule has 2 rings (SSSR count). The van der Waals surface area contributed by atoms with Gasteiger partial charge in [0.1, 0.15) is 5.82 Å². The fourth-order valence-corrected chi connectivity index (χ4v) is 3.07. The highest BCUT2D eigenvalue weighted by Crippen LogP contribution is 2.28. The highest BCUT2D eigenvalue weighted by atomic mass is 79.9. The van der Waals surface area contributed by atoms with Gasteiger partial charge in [0.25, 0.3) is 0 Å². The van der Waals surface area contributed by atoms with Crippen molar-refractivity contribution in [1.29, 1.82) is 0 Å². The third-order valence-corrected chi connectivity index (χ3v) is 4.43. The molecule has 0 aliphatic carbocycles. The van der Waals surface area contributed by atoms with Crippen LogP contribution in [0.3, 0.4) is 0 Å². The van der Waals surface area contributed by atoms with E-state index in [9.17, 15) is 4.39 Å². The van der Waals surface area contributed by atoms with Crippen LogP contribution in [0.5, 0.6) is 0 Å². The largest absolute Gasteiger partial charge is 0.310 e. The Balaban J connectivity index is 2.28. The maximum absolute atomic E-state index is 13.4. The van der Waals surface area contributed by atoms with Crippen molar-refractivity contribution >= 4 is 39.1 Å². The topological polar surface area (TPSA) is 12.0 Å². The second kappa shape index (κ2) is 7.59. The number of halogens is 4. The second-order valence-electron chi connectivity index (χ2n) is 4.72. The van der Waals surface area contributed by atoms with Crippen LogP contribution >= 0.6 is 39.1 Å². The van der Waals surface area contributed by atoms with Gasteiger partial charge in [-0.1, -0.05) is 42.3 Å². The Hall–Kier alpha value is -0.610. The Morgan fingerprint density at radius 2 is 1.95 bits per heavy atom. The van der Waals surface area contributed by atoms with Crippen LogP contribution in [0.2, 0.25) is 10.0 Å². The maximum atomic E-state index is 13.4. The highest BCUT2D eigenvalue weighted by molar-refractivity contribution is 9.10. The second-order valence-corrected chi connectivity index (χ2v) is 6.42. The van der Waals surface area contributed by atoms with Gasteiger partial charge in [0, 0.05) is 16.1 Å². The summed E-state index contributed by atoms with van der Waals surface area (Å²) in [7, 11) is 0. The lowest BCUT2D eigenvalue weighted by Crippen LogP contribution is -2.23. The molecule has 0 spiro atoms. The molecule has 2 aromatic carbocycles. The van der Waals surface area contributed by atoms with E-state index < -0.39 is 0 Å². The lowest BCUT2D eigenvalue weighted by molar-refractivity contribution is 0.546. The van der Waals surface area contributed by atoms with E-state index in [0.717, 1.165) is 17.7 Å². The monoisotopic (exact) mass is 389 g/mol. The molecule has 2 aromatic rings. The lowest BCUT2D eigenvalue weighted by Gasteiger charge is -2.19. The standard InChI is InChI=1S/C16H15BrCl2FN/c1-2-21-16(11-4-6-15(20)13(17)7-11)8-10-3-5-12(18)9-14(10)19/h3-7,9,16,21H,2,8H2,1H3. The van der Waals surface area contributed by atoms with Gasteiger partial charge < -0.3 is 5.32 Å². The van der Waals surface area contributed by atoms with E-state index in [1.165, 1.54) is 6.07 Å². The summed E-state index contributed by atoms with van der Waals surface area (Å²) in [5.74, 6) is -0.265. The molecule has 0 saturated heterocycles. The number of likely N-dealkylation sites (N-methyl/N-ethyl adjacent to an activating group) is 1. The van der Waals surface area contributed by atoms with E-state index in [1.807, 2.05) is 19.1 Å². The van der Waals surface area contributed by atoms with Crippen LogP contribution < -0.4 is 5.32 Å². The first-order valence-electron chi connectivity index (χ1n) is 6.63. The predicted octanol–water partition coefficient (Wildman–Crippen LogP) is 5.79. The minimum atomic E-state index is -0.265. The smallest absolute Gasteiger partial charge is 0.137 e. The van der Waals surface area contributed by atoms with Gasteiger partial charge in [-0.05, 0) is 64.3 Å². The number of nitrogens with one attached hydrogen (secondary N) is 1. The third kappa shape index (κ3) is 4.43. The Labute approximate surface area is 142 Å². The Kier molecular flexibility index (Phi) is 6.06. The molecule has 0 aromatic heterocycles. The minimum absolute atomic E-state index is 0.0607. The number of hydrogen-bond acceptors (Lipinski definition) is 1. The van der Waals surface area contributed by atoms with Crippen molar-refractivity contribution in [3.8, 4) is 0 Å². The fourth-order valence-electron chi connectivity index (χ4n) is 2.19. The summed E-state index contributed by atoms with van der Waals surface area (Å²) >= 11 is 15.4. The zero-order valence-corrected chi connectivity index (χ0v) is 14.6. The van der Waals surface area contributed by atoms with Crippen molar-refractivity contribution in [1.82, 2.24) is 5.32 Å². The molecule has 0 bridgehead atoms. The van der Waals surface area contributed by atoms with Crippen LogP contribution in [0, 0.1) is 5.82 Å². The maximum Gasteiger partial charge on any atom is 0.137 e. The molecule has 0 radical (unpaired) electrons. The summed E-state index contributed by atoms with van der Waals surface area (Å²) in [4.78, 5) is 0. The average Bonchev–Trinajstić information content (AvgIpc) is 2.44. The van der Waals surface area contributed by atoms with Crippen molar-refractivity contribution in [3.63, 3.8) is 0 Å². The summed E-state index contributed by atoms with van der Waals surface area (Å²) < 4.78 is 13.8. The van der Waals surface area contributed by atoms with Crippen LogP contribution in [0.15, 0.2) is 40.9 Å². The molecule has 5 heteroatoms. The SMILES string of the molecule is CCNC(Cc1ccc(Cl)cc1Cl)c1ccc(F)c(Br)c1. The molecule has 1 unspecified atom stereocenters. The third-order valence-electron chi connectivity index (χ3n) is 3.24. The van der Waals surface area contributed by atoms with E-state index in [0.29, 0.717) is 20.9 Å². The first kappa shape index (κ1) is 16.8. The Bertz CT molecular complexity index is 634. The van der Waals surface area contributed by atoms with E-state index in [4.69, 9.17) is 23.2 Å². The lowest BCUT2D eigenvalue weighted by atomic mass is 9.98. The molecule has 1 atom stereocenters. The first-order chi connectivity index (χ1) is 10.0. The number of rotatable bonds is 5. The summed E-state index contributed by atoms with van der Waals surface area (Å²) in [6, 6.07) is 10.6. The fraction of sp³-hybridized carbons (Fsp3) is 0.250. The summed E-state index contributed by atoms with van der Waals surface area (Å²) in [5, 5.41) is 4.66. The van der Waals surface area contributed by atoms with Crippen LogP contribution in [-0.4, -0.2) is 6.54 Å². The molecular formula is C16H15BrCl2FN. The Morgan fingerprint density at radius 3 is 2.57 bits per heavy atom. The van der Waals surface area contributed by atoms with E-state index in [1.54, 1.807) is 18.2 Å². The van der Waals surface area contributed by atoms with Crippen molar-refractivity contribution in [2.45, 2.75) is 19.4 Å². The van der Waals surface area contributed by atoms with Crippen LogP contribution in [0.4, 0.5) is 4.39 Å². The average molecular weight is 391 g/mol. The molecule has 112 valence electrons. The minimum Gasteiger partial charge on any atom is -0.310 e. The molecule has 0 saturated carbocycles. The van der Waals surface area contributed by atoms with Gasteiger partial charge in [-0.3, -0.25) is 0 Å². The summed E-state index contributed by atoms with van der Waals surface area (Å²) in [6.07, 6.45) is 0.710. The van der Waals surface area contributed by atoms with Gasteiger partial charge in [-0.2, -0.15) is 0 Å². The van der Waals surface area contributed by atoms with Gasteiger partial charge in [-0.25, -0.2) is 4.39 Å². The van der Waals surface area contributed by atoms with Crippen molar-refractivity contribution in [3.05, 3.63) is 67.9 Å². The van der Waals surface area contributed by atoms with Crippen molar-refractivity contribution in [2.24, 2.45) is 0 Å². The number of benzene rings is 2. The Morgan fingerprint density at radius 1 is 1.19 bits per heavy atom. The van der Waals surface area contributed by atoms with Gasteiger partial charge in [0.2, 0.25) is 0 Å². The zero-order chi connectivity index (χ0) is 15.4. The quantitative estimate of drug-likeness (QED) is 0.681. The van der Waals surface area contributed by atoms with Crippen LogP contribution in [-0.2, 0) is 6.42 Å². The summed E-state index contributed by atoms with van der Waals surface area (Å²) in [6.45, 7) is 2.85. The van der Waals surface area contributed by atoms with E-state index in [2.05, 4.69) is 21.2 Å². The number of hydrogen-bond donors (Lipinski definition) is 1. The van der Waals surface area contributed by atoms with Crippen LogP contribution in [0.25, 0.3) is 0 Å². The molecule has 1 nitrogen and oxygen atoms in total. The van der Waals surface area contributed by atoms with Gasteiger partial charge in [0.15, 0.2) is 0 Å². The molecule has 0 fully saturated rings. The molecule has 0 heterocycles. The predicted molar refractivity (Wildman–Crippen MR) is 90.7 cm³/mol. The molecule has 21 heavy (non-hydrogen) atoms. The zero-order valence-electron chi connectivity index (χ0n) is 11.5.